The highest BCUT2D eigenvalue weighted by molar-refractivity contribution is 5.69. The molecule has 1 aliphatic heterocycles. The Morgan fingerprint density at radius 2 is 2.08 bits per heavy atom. The number of carbonyl (C=O) groups is 1. The van der Waals surface area contributed by atoms with E-state index in [0.29, 0.717) is 19.6 Å². The Labute approximate surface area is 159 Å². The van der Waals surface area contributed by atoms with Crippen LogP contribution in [-0.2, 0) is 9.47 Å². The van der Waals surface area contributed by atoms with Gasteiger partial charge in [0, 0.05) is 6.54 Å². The molecule has 1 unspecified atom stereocenters. The molecule has 0 saturated carbocycles. The van der Waals surface area contributed by atoms with Crippen LogP contribution >= 0.6 is 0 Å². The molecule has 0 aromatic heterocycles. The number of allylic oxidation sites excluding steroid dienone is 2. The van der Waals surface area contributed by atoms with Crippen molar-refractivity contribution in [3.8, 4) is 12.3 Å². The molecule has 0 aromatic carbocycles. The van der Waals surface area contributed by atoms with Gasteiger partial charge >= 0.3 is 6.09 Å². The van der Waals surface area contributed by atoms with Gasteiger partial charge in [0.2, 0.25) is 0 Å². The number of terminal acetylenes is 1. The largest absolute Gasteiger partial charge is 0.444 e. The molecule has 26 heavy (non-hydrogen) atoms. The second-order valence-electron chi connectivity index (χ2n) is 7.74. The number of hydrogen-bond donors (Lipinski definition) is 0. The molecule has 0 radical (unpaired) electrons. The van der Waals surface area contributed by atoms with E-state index in [9.17, 15) is 4.79 Å². The van der Waals surface area contributed by atoms with Gasteiger partial charge in [0.25, 0.3) is 0 Å². The van der Waals surface area contributed by atoms with Crippen LogP contribution in [0.1, 0.15) is 66.2 Å². The molecular weight excluding hydrogens is 326 g/mol. The molecule has 1 amide bonds. The van der Waals surface area contributed by atoms with Gasteiger partial charge in [-0.25, -0.2) is 4.79 Å². The maximum Gasteiger partial charge on any atom is 0.410 e. The molecule has 1 aliphatic rings. The normalized spacial score (nSPS) is 20.4. The van der Waals surface area contributed by atoms with Gasteiger partial charge in [0.05, 0.1) is 12.6 Å². The minimum atomic E-state index is -0.830. The van der Waals surface area contributed by atoms with Crippen molar-refractivity contribution in [2.75, 3.05) is 13.2 Å². The lowest BCUT2D eigenvalue weighted by molar-refractivity contribution is -0.0734. The first-order valence-electron chi connectivity index (χ1n) is 9.67. The van der Waals surface area contributed by atoms with Gasteiger partial charge in [0.1, 0.15) is 11.2 Å². The summed E-state index contributed by atoms with van der Waals surface area (Å²) in [5.41, 5.74) is -1.37. The van der Waals surface area contributed by atoms with E-state index < -0.39 is 11.2 Å². The van der Waals surface area contributed by atoms with Gasteiger partial charge in [-0.1, -0.05) is 31.1 Å². The third-order valence-electron chi connectivity index (χ3n) is 4.46. The van der Waals surface area contributed by atoms with Crippen molar-refractivity contribution in [1.29, 1.82) is 0 Å². The topological polar surface area (TPSA) is 38.8 Å². The van der Waals surface area contributed by atoms with E-state index in [0.717, 1.165) is 32.1 Å². The molecule has 1 fully saturated rings. The van der Waals surface area contributed by atoms with Crippen molar-refractivity contribution in [2.24, 2.45) is 0 Å². The summed E-state index contributed by atoms with van der Waals surface area (Å²) in [7, 11) is 0. The molecule has 1 heterocycles. The van der Waals surface area contributed by atoms with Crippen LogP contribution in [0.2, 0.25) is 0 Å². The molecule has 0 N–H and O–H groups in total. The van der Waals surface area contributed by atoms with Crippen LogP contribution in [0.3, 0.4) is 0 Å². The number of carbonyl (C=O) groups excluding carboxylic acids is 1. The van der Waals surface area contributed by atoms with Crippen molar-refractivity contribution in [3.63, 3.8) is 0 Å². The van der Waals surface area contributed by atoms with Gasteiger partial charge in [0.15, 0.2) is 0 Å². The number of rotatable bonds is 8. The summed E-state index contributed by atoms with van der Waals surface area (Å²) in [6.45, 7) is 12.5. The number of amides is 1. The second-order valence-corrected chi connectivity index (χ2v) is 7.74. The Balaban J connectivity index is 3.08. The number of hydrogen-bond acceptors (Lipinski definition) is 3. The molecule has 1 rings (SSSR count). The monoisotopic (exact) mass is 361 g/mol. The molecule has 0 aliphatic carbocycles. The third kappa shape index (κ3) is 6.53. The standard InChI is InChI=1S/C22H35NO3/c1-7-10-11-13-16-22(9-3,25-18-8-2)19-15-12-14-17-23(19)20(24)26-21(4,5)6/h3,8,10-11,19H,2,7,12-18H2,1,4-6H3/b11-10-/t19-,22?/m1/s1. The summed E-state index contributed by atoms with van der Waals surface area (Å²) in [5, 5.41) is 0. The molecule has 0 spiro atoms. The highest BCUT2D eigenvalue weighted by Gasteiger charge is 2.45. The summed E-state index contributed by atoms with van der Waals surface area (Å²) in [6.07, 6.45) is 16.9. The van der Waals surface area contributed by atoms with E-state index in [4.69, 9.17) is 15.9 Å². The summed E-state index contributed by atoms with van der Waals surface area (Å²) < 4.78 is 11.7. The van der Waals surface area contributed by atoms with Gasteiger partial charge in [-0.15, -0.1) is 13.0 Å². The molecular formula is C22H35NO3. The van der Waals surface area contributed by atoms with Crippen molar-refractivity contribution in [3.05, 3.63) is 24.8 Å². The minimum Gasteiger partial charge on any atom is -0.444 e. The van der Waals surface area contributed by atoms with E-state index in [2.05, 4.69) is 31.6 Å². The lowest BCUT2D eigenvalue weighted by Gasteiger charge is -2.45. The summed E-state index contributed by atoms with van der Waals surface area (Å²) in [5.74, 6) is 2.89. The lowest BCUT2D eigenvalue weighted by atomic mass is 9.83. The molecule has 0 aromatic rings. The van der Waals surface area contributed by atoms with Crippen molar-refractivity contribution >= 4 is 6.09 Å². The van der Waals surface area contributed by atoms with Crippen molar-refractivity contribution < 1.29 is 14.3 Å². The molecule has 146 valence electrons. The number of ether oxygens (including phenoxy) is 2. The summed E-state index contributed by atoms with van der Waals surface area (Å²) in [4.78, 5) is 14.6. The molecule has 1 saturated heterocycles. The van der Waals surface area contributed by atoms with Gasteiger partial charge in [-0.2, -0.15) is 0 Å². The first-order valence-corrected chi connectivity index (χ1v) is 9.67. The maximum atomic E-state index is 12.8. The molecule has 2 atom stereocenters. The van der Waals surface area contributed by atoms with Crippen LogP contribution in [-0.4, -0.2) is 41.4 Å². The zero-order valence-corrected chi connectivity index (χ0v) is 16.9. The Kier molecular flexibility index (Phi) is 8.95. The second kappa shape index (κ2) is 10.4. The fourth-order valence-electron chi connectivity index (χ4n) is 3.29. The number of nitrogens with zero attached hydrogens (tertiary/aromatic N) is 1. The first-order chi connectivity index (χ1) is 12.3. The molecule has 4 heteroatoms. The molecule has 4 nitrogen and oxygen atoms in total. The van der Waals surface area contributed by atoms with Crippen LogP contribution in [0.4, 0.5) is 4.79 Å². The van der Waals surface area contributed by atoms with Crippen molar-refractivity contribution in [1.82, 2.24) is 4.90 Å². The number of likely N-dealkylation sites (tertiary alicyclic amines) is 1. The van der Waals surface area contributed by atoms with Gasteiger partial charge < -0.3 is 14.4 Å². The van der Waals surface area contributed by atoms with Gasteiger partial charge in [-0.05, 0) is 59.3 Å². The average molecular weight is 362 g/mol. The number of piperidine rings is 1. The van der Waals surface area contributed by atoms with Crippen LogP contribution in [0.25, 0.3) is 0 Å². The molecule has 0 bridgehead atoms. The lowest BCUT2D eigenvalue weighted by Crippen LogP contribution is -2.58. The minimum absolute atomic E-state index is 0.189. The predicted octanol–water partition coefficient (Wildman–Crippen LogP) is 5.10. The Morgan fingerprint density at radius 1 is 1.35 bits per heavy atom. The first kappa shape index (κ1) is 22.3. The van der Waals surface area contributed by atoms with Crippen LogP contribution in [0, 0.1) is 12.3 Å². The Bertz CT molecular complexity index is 526. The SMILES string of the molecule is C#CC(CC/C=C\CC)(OCC=C)[C@H]1CCCCN1C(=O)OC(C)(C)C. The average Bonchev–Trinajstić information content (AvgIpc) is 2.60. The fraction of sp³-hybridized carbons (Fsp3) is 0.682. The fourth-order valence-corrected chi connectivity index (χ4v) is 3.29. The van der Waals surface area contributed by atoms with E-state index in [1.54, 1.807) is 11.0 Å². The summed E-state index contributed by atoms with van der Waals surface area (Å²) in [6, 6.07) is -0.189. The van der Waals surface area contributed by atoms with Crippen LogP contribution in [0.5, 0.6) is 0 Å². The van der Waals surface area contributed by atoms with Crippen molar-refractivity contribution in [2.45, 2.75) is 83.5 Å². The smallest absolute Gasteiger partial charge is 0.410 e. The van der Waals surface area contributed by atoms with Crippen LogP contribution < -0.4 is 0 Å². The van der Waals surface area contributed by atoms with E-state index in [1.165, 1.54) is 0 Å². The van der Waals surface area contributed by atoms with Crippen LogP contribution in [0.15, 0.2) is 24.8 Å². The van der Waals surface area contributed by atoms with E-state index in [1.807, 2.05) is 20.8 Å². The quantitative estimate of drug-likeness (QED) is 0.446. The highest BCUT2D eigenvalue weighted by atomic mass is 16.6. The Morgan fingerprint density at radius 3 is 2.65 bits per heavy atom. The van der Waals surface area contributed by atoms with E-state index in [-0.39, 0.29) is 12.1 Å². The highest BCUT2D eigenvalue weighted by Crippen LogP contribution is 2.34. The predicted molar refractivity (Wildman–Crippen MR) is 107 cm³/mol. The maximum absolute atomic E-state index is 12.8. The summed E-state index contributed by atoms with van der Waals surface area (Å²) >= 11 is 0. The van der Waals surface area contributed by atoms with E-state index >= 15 is 0 Å². The Hall–Kier alpha value is -1.73. The zero-order chi connectivity index (χ0) is 19.6. The third-order valence-corrected chi connectivity index (χ3v) is 4.46. The van der Waals surface area contributed by atoms with Gasteiger partial charge in [-0.3, -0.25) is 0 Å². The zero-order valence-electron chi connectivity index (χ0n) is 16.9.